The Morgan fingerprint density at radius 2 is 1.48 bits per heavy atom. The summed E-state index contributed by atoms with van der Waals surface area (Å²) in [6, 6.07) is 25.3. The van der Waals surface area contributed by atoms with E-state index in [-0.39, 0.29) is 5.04 Å². The molecule has 0 amide bonds. The summed E-state index contributed by atoms with van der Waals surface area (Å²) in [5.41, 5.74) is 2.34. The van der Waals surface area contributed by atoms with E-state index >= 15 is 0 Å². The Labute approximate surface area is 155 Å². The fourth-order valence-corrected chi connectivity index (χ4v) is 8.71. The molecule has 0 fully saturated rings. The molecule has 1 aliphatic heterocycles. The van der Waals surface area contributed by atoms with Crippen LogP contribution in [-0.4, -0.2) is 8.32 Å². The maximum atomic E-state index is 6.93. The molecule has 0 bridgehead atoms. The lowest BCUT2D eigenvalue weighted by molar-refractivity contribution is 0.506. The van der Waals surface area contributed by atoms with Crippen molar-refractivity contribution in [3.8, 4) is 16.9 Å². The SMILES string of the molecule is CC(C)(C)[Si]1(c2ccccc2)Oc2ccc(Cl)cc2-c2ccccc21. The lowest BCUT2D eigenvalue weighted by atomic mass is 10.0. The van der Waals surface area contributed by atoms with E-state index in [1.807, 2.05) is 18.2 Å². The van der Waals surface area contributed by atoms with Gasteiger partial charge in [-0.15, -0.1) is 0 Å². The van der Waals surface area contributed by atoms with Crippen LogP contribution in [-0.2, 0) is 0 Å². The van der Waals surface area contributed by atoms with Crippen molar-refractivity contribution in [1.29, 1.82) is 0 Å². The van der Waals surface area contributed by atoms with Crippen LogP contribution in [0.25, 0.3) is 11.1 Å². The molecule has 1 aliphatic rings. The first-order chi connectivity index (χ1) is 11.9. The third kappa shape index (κ3) is 2.44. The molecule has 1 unspecified atom stereocenters. The zero-order valence-corrected chi connectivity index (χ0v) is 16.5. The molecule has 4 rings (SSSR count). The van der Waals surface area contributed by atoms with Crippen LogP contribution < -0.4 is 14.8 Å². The normalized spacial score (nSPS) is 18.9. The Bertz CT molecular complexity index is 930. The van der Waals surface area contributed by atoms with Gasteiger partial charge >= 0.3 is 8.32 Å². The van der Waals surface area contributed by atoms with Crippen molar-refractivity contribution in [3.63, 3.8) is 0 Å². The van der Waals surface area contributed by atoms with Crippen LogP contribution in [0.15, 0.2) is 72.8 Å². The Morgan fingerprint density at radius 3 is 2.20 bits per heavy atom. The van der Waals surface area contributed by atoms with Crippen molar-refractivity contribution in [3.05, 3.63) is 77.8 Å². The number of hydrogen-bond donors (Lipinski definition) is 0. The molecule has 1 atom stereocenters. The summed E-state index contributed by atoms with van der Waals surface area (Å²) in [6.07, 6.45) is 0. The maximum absolute atomic E-state index is 6.93. The minimum atomic E-state index is -2.49. The van der Waals surface area contributed by atoms with Crippen LogP contribution in [0.3, 0.4) is 0 Å². The highest BCUT2D eigenvalue weighted by molar-refractivity contribution is 7.01. The van der Waals surface area contributed by atoms with E-state index in [0.29, 0.717) is 0 Å². The van der Waals surface area contributed by atoms with Crippen LogP contribution in [0, 0.1) is 0 Å². The van der Waals surface area contributed by atoms with E-state index in [9.17, 15) is 0 Å². The van der Waals surface area contributed by atoms with Gasteiger partial charge in [0.05, 0.1) is 0 Å². The average Bonchev–Trinajstić information content (AvgIpc) is 2.61. The molecule has 25 heavy (non-hydrogen) atoms. The zero-order valence-electron chi connectivity index (χ0n) is 14.7. The van der Waals surface area contributed by atoms with Crippen molar-refractivity contribution in [2.24, 2.45) is 0 Å². The molecule has 1 nitrogen and oxygen atoms in total. The summed E-state index contributed by atoms with van der Waals surface area (Å²) in [6.45, 7) is 6.89. The van der Waals surface area contributed by atoms with Crippen LogP contribution in [0.5, 0.6) is 5.75 Å². The van der Waals surface area contributed by atoms with E-state index in [0.717, 1.165) is 16.3 Å². The number of fused-ring (bicyclic) bond motifs is 3. The van der Waals surface area contributed by atoms with Gasteiger partial charge in [0, 0.05) is 10.6 Å². The fourth-order valence-electron chi connectivity index (χ4n) is 3.92. The van der Waals surface area contributed by atoms with Crippen molar-refractivity contribution in [2.45, 2.75) is 25.8 Å². The first kappa shape index (κ1) is 16.4. The summed E-state index contributed by atoms with van der Waals surface area (Å²) in [5, 5.41) is 3.35. The second-order valence-electron chi connectivity index (χ2n) is 7.59. The summed E-state index contributed by atoms with van der Waals surface area (Å²) in [4.78, 5) is 0. The standard InChI is InChI=1S/C22H21ClOSi/c1-22(2,3)25(17-9-5-4-6-10-17)21-12-8-7-11-18(21)19-15-16(23)13-14-20(19)24-25/h4-15H,1-3H3. The van der Waals surface area contributed by atoms with Gasteiger partial charge in [0.1, 0.15) is 5.75 Å². The van der Waals surface area contributed by atoms with E-state index in [1.54, 1.807) is 0 Å². The van der Waals surface area contributed by atoms with E-state index in [2.05, 4.69) is 75.4 Å². The number of halogens is 1. The quantitative estimate of drug-likeness (QED) is 0.535. The fraction of sp³-hybridized carbons (Fsp3) is 0.182. The van der Waals surface area contributed by atoms with Crippen molar-refractivity contribution in [1.82, 2.24) is 0 Å². The predicted molar refractivity (Wildman–Crippen MR) is 109 cm³/mol. The third-order valence-electron chi connectivity index (χ3n) is 5.04. The van der Waals surface area contributed by atoms with Gasteiger partial charge in [-0.1, -0.05) is 87.0 Å². The molecule has 0 spiro atoms. The molecule has 0 saturated carbocycles. The Kier molecular flexibility index (Phi) is 3.78. The van der Waals surface area contributed by atoms with Gasteiger partial charge in [-0.25, -0.2) is 0 Å². The van der Waals surface area contributed by atoms with Gasteiger partial charge in [-0.3, -0.25) is 0 Å². The van der Waals surface area contributed by atoms with Crippen molar-refractivity contribution < 1.29 is 4.43 Å². The van der Waals surface area contributed by atoms with E-state index in [4.69, 9.17) is 16.0 Å². The monoisotopic (exact) mass is 364 g/mol. The van der Waals surface area contributed by atoms with E-state index in [1.165, 1.54) is 15.9 Å². The molecular formula is C22H21ClOSi. The average molecular weight is 365 g/mol. The highest BCUT2D eigenvalue weighted by atomic mass is 35.5. The van der Waals surface area contributed by atoms with Gasteiger partial charge in [-0.2, -0.15) is 0 Å². The van der Waals surface area contributed by atoms with Gasteiger partial charge < -0.3 is 4.43 Å². The maximum Gasteiger partial charge on any atom is 0.320 e. The topological polar surface area (TPSA) is 9.23 Å². The smallest absolute Gasteiger partial charge is 0.320 e. The van der Waals surface area contributed by atoms with Crippen LogP contribution >= 0.6 is 11.6 Å². The second-order valence-corrected chi connectivity index (χ2v) is 12.2. The summed E-state index contributed by atoms with van der Waals surface area (Å²) < 4.78 is 6.93. The molecule has 0 radical (unpaired) electrons. The molecule has 0 aromatic heterocycles. The van der Waals surface area contributed by atoms with Crippen molar-refractivity contribution >= 4 is 30.3 Å². The lowest BCUT2D eigenvalue weighted by Gasteiger charge is -2.46. The highest BCUT2D eigenvalue weighted by Gasteiger charge is 2.55. The molecule has 0 saturated heterocycles. The Hall–Kier alpha value is -2.03. The predicted octanol–water partition coefficient (Wildman–Crippen LogP) is 5.26. The number of hydrogen-bond acceptors (Lipinski definition) is 1. The zero-order chi connectivity index (χ0) is 17.7. The molecule has 3 heteroatoms. The number of rotatable bonds is 1. The first-order valence-electron chi connectivity index (χ1n) is 8.57. The Morgan fingerprint density at radius 1 is 0.800 bits per heavy atom. The molecule has 0 N–H and O–H groups in total. The molecule has 1 heterocycles. The summed E-state index contributed by atoms with van der Waals surface area (Å²) >= 11 is 6.28. The van der Waals surface area contributed by atoms with Gasteiger partial charge in [0.25, 0.3) is 0 Å². The summed E-state index contributed by atoms with van der Waals surface area (Å²) in [5.74, 6) is 0.938. The Balaban J connectivity index is 2.09. The van der Waals surface area contributed by atoms with E-state index < -0.39 is 8.32 Å². The largest absolute Gasteiger partial charge is 0.534 e. The van der Waals surface area contributed by atoms with Crippen LogP contribution in [0.4, 0.5) is 0 Å². The third-order valence-corrected chi connectivity index (χ3v) is 10.3. The van der Waals surface area contributed by atoms with Crippen LogP contribution in [0.1, 0.15) is 20.8 Å². The van der Waals surface area contributed by atoms with Gasteiger partial charge in [-0.05, 0) is 39.2 Å². The van der Waals surface area contributed by atoms with Gasteiger partial charge in [0.2, 0.25) is 0 Å². The number of benzene rings is 3. The lowest BCUT2D eigenvalue weighted by Crippen LogP contribution is -2.70. The van der Waals surface area contributed by atoms with Crippen LogP contribution in [0.2, 0.25) is 10.1 Å². The first-order valence-corrected chi connectivity index (χ1v) is 10.9. The molecule has 3 aromatic rings. The minimum Gasteiger partial charge on any atom is -0.534 e. The van der Waals surface area contributed by atoms with Gasteiger partial charge in [0.15, 0.2) is 0 Å². The van der Waals surface area contributed by atoms with Crippen molar-refractivity contribution in [2.75, 3.05) is 0 Å². The highest BCUT2D eigenvalue weighted by Crippen LogP contribution is 2.45. The molecular weight excluding hydrogens is 344 g/mol. The minimum absolute atomic E-state index is 0.0121. The molecule has 126 valence electrons. The molecule has 3 aromatic carbocycles. The summed E-state index contributed by atoms with van der Waals surface area (Å²) in [7, 11) is -2.49. The second kappa shape index (κ2) is 5.75. The molecule has 0 aliphatic carbocycles.